The SMILES string of the molecule is CCC(NC(=O)c1cnc(Cl)cn1)c1ccccc1. The maximum Gasteiger partial charge on any atom is 0.271 e. The maximum atomic E-state index is 12.0. The van der Waals surface area contributed by atoms with E-state index >= 15 is 0 Å². The first-order chi connectivity index (χ1) is 9.20. The molecule has 0 bridgehead atoms. The van der Waals surface area contributed by atoms with Crippen LogP contribution in [0.4, 0.5) is 0 Å². The average Bonchev–Trinajstić information content (AvgIpc) is 2.46. The molecular weight excluding hydrogens is 262 g/mol. The van der Waals surface area contributed by atoms with Gasteiger partial charge < -0.3 is 5.32 Å². The third-order valence-corrected chi connectivity index (χ3v) is 2.96. The summed E-state index contributed by atoms with van der Waals surface area (Å²) in [7, 11) is 0. The Bertz CT molecular complexity index is 542. The summed E-state index contributed by atoms with van der Waals surface area (Å²) in [6.07, 6.45) is 3.53. The minimum Gasteiger partial charge on any atom is -0.344 e. The lowest BCUT2D eigenvalue weighted by Crippen LogP contribution is -2.28. The van der Waals surface area contributed by atoms with Crippen molar-refractivity contribution < 1.29 is 4.79 Å². The van der Waals surface area contributed by atoms with E-state index in [2.05, 4.69) is 15.3 Å². The summed E-state index contributed by atoms with van der Waals surface area (Å²) in [6.45, 7) is 2.02. The van der Waals surface area contributed by atoms with Gasteiger partial charge in [0.15, 0.2) is 0 Å². The molecule has 0 spiro atoms. The first-order valence-electron chi connectivity index (χ1n) is 6.04. The normalized spacial score (nSPS) is 11.9. The van der Waals surface area contributed by atoms with E-state index in [9.17, 15) is 4.79 Å². The van der Waals surface area contributed by atoms with E-state index in [-0.39, 0.29) is 22.8 Å². The van der Waals surface area contributed by atoms with Gasteiger partial charge in [-0.2, -0.15) is 0 Å². The van der Waals surface area contributed by atoms with Crippen LogP contribution in [0.2, 0.25) is 5.15 Å². The quantitative estimate of drug-likeness (QED) is 0.933. The highest BCUT2D eigenvalue weighted by Crippen LogP contribution is 2.16. The van der Waals surface area contributed by atoms with E-state index in [1.165, 1.54) is 12.4 Å². The van der Waals surface area contributed by atoms with Crippen molar-refractivity contribution in [2.24, 2.45) is 0 Å². The number of carbonyl (C=O) groups is 1. The fraction of sp³-hybridized carbons (Fsp3) is 0.214. The topological polar surface area (TPSA) is 54.9 Å². The monoisotopic (exact) mass is 275 g/mol. The highest BCUT2D eigenvalue weighted by molar-refractivity contribution is 6.29. The van der Waals surface area contributed by atoms with E-state index in [0.717, 1.165) is 12.0 Å². The molecular formula is C14H14ClN3O. The molecule has 0 aliphatic rings. The highest BCUT2D eigenvalue weighted by atomic mass is 35.5. The summed E-state index contributed by atoms with van der Waals surface area (Å²) in [5.74, 6) is -0.250. The molecule has 5 heteroatoms. The Balaban J connectivity index is 2.10. The summed E-state index contributed by atoms with van der Waals surface area (Å²) in [5.41, 5.74) is 1.33. The van der Waals surface area contributed by atoms with Crippen molar-refractivity contribution in [1.82, 2.24) is 15.3 Å². The van der Waals surface area contributed by atoms with Crippen LogP contribution in [0.1, 0.15) is 35.4 Å². The Morgan fingerprint density at radius 3 is 2.58 bits per heavy atom. The third kappa shape index (κ3) is 3.51. The Morgan fingerprint density at radius 2 is 2.00 bits per heavy atom. The van der Waals surface area contributed by atoms with Crippen LogP contribution in [0.3, 0.4) is 0 Å². The highest BCUT2D eigenvalue weighted by Gasteiger charge is 2.14. The summed E-state index contributed by atoms with van der Waals surface area (Å²) in [5, 5.41) is 3.20. The molecule has 98 valence electrons. The van der Waals surface area contributed by atoms with Gasteiger partial charge in [-0.05, 0) is 12.0 Å². The fourth-order valence-electron chi connectivity index (χ4n) is 1.77. The summed E-state index contributed by atoms with van der Waals surface area (Å²) in [4.78, 5) is 19.8. The van der Waals surface area contributed by atoms with Gasteiger partial charge >= 0.3 is 0 Å². The zero-order valence-corrected chi connectivity index (χ0v) is 11.3. The average molecular weight is 276 g/mol. The van der Waals surface area contributed by atoms with E-state index < -0.39 is 0 Å². The Morgan fingerprint density at radius 1 is 1.26 bits per heavy atom. The lowest BCUT2D eigenvalue weighted by Gasteiger charge is -2.16. The number of halogens is 1. The van der Waals surface area contributed by atoms with Crippen LogP contribution in [0.5, 0.6) is 0 Å². The summed E-state index contributed by atoms with van der Waals surface area (Å²) < 4.78 is 0. The van der Waals surface area contributed by atoms with Crippen LogP contribution < -0.4 is 5.32 Å². The molecule has 0 aliphatic heterocycles. The van der Waals surface area contributed by atoms with Gasteiger partial charge in [0.1, 0.15) is 10.8 Å². The van der Waals surface area contributed by atoms with Crippen molar-refractivity contribution >= 4 is 17.5 Å². The lowest BCUT2D eigenvalue weighted by molar-refractivity contribution is 0.0930. The number of amides is 1. The van der Waals surface area contributed by atoms with Gasteiger partial charge in [-0.3, -0.25) is 4.79 Å². The van der Waals surface area contributed by atoms with Crippen LogP contribution in [-0.2, 0) is 0 Å². The van der Waals surface area contributed by atoms with Gasteiger partial charge in [0.25, 0.3) is 5.91 Å². The molecule has 4 nitrogen and oxygen atoms in total. The van der Waals surface area contributed by atoms with Crippen molar-refractivity contribution in [2.75, 3.05) is 0 Å². The van der Waals surface area contributed by atoms with Gasteiger partial charge in [0, 0.05) is 0 Å². The zero-order valence-electron chi connectivity index (χ0n) is 10.5. The second kappa shape index (κ2) is 6.29. The van der Waals surface area contributed by atoms with Crippen molar-refractivity contribution in [3.63, 3.8) is 0 Å². The Labute approximate surface area is 116 Å². The van der Waals surface area contributed by atoms with E-state index in [1.807, 2.05) is 37.3 Å². The molecule has 1 unspecified atom stereocenters. The number of benzene rings is 1. The minimum atomic E-state index is -0.250. The molecule has 0 fully saturated rings. The molecule has 1 amide bonds. The van der Waals surface area contributed by atoms with Gasteiger partial charge in [0.2, 0.25) is 0 Å². The molecule has 0 saturated carbocycles. The molecule has 2 aromatic rings. The number of nitrogens with one attached hydrogen (secondary N) is 1. The van der Waals surface area contributed by atoms with Crippen LogP contribution in [0, 0.1) is 0 Å². The van der Waals surface area contributed by atoms with Crippen LogP contribution in [0.15, 0.2) is 42.7 Å². The predicted molar refractivity (Wildman–Crippen MR) is 74.0 cm³/mol. The predicted octanol–water partition coefficient (Wildman–Crippen LogP) is 3.01. The number of hydrogen-bond acceptors (Lipinski definition) is 3. The van der Waals surface area contributed by atoms with E-state index in [0.29, 0.717) is 0 Å². The maximum absolute atomic E-state index is 12.0. The first-order valence-corrected chi connectivity index (χ1v) is 6.42. The second-order valence-electron chi connectivity index (χ2n) is 4.07. The van der Waals surface area contributed by atoms with Gasteiger partial charge in [-0.1, -0.05) is 48.9 Å². The number of rotatable bonds is 4. The van der Waals surface area contributed by atoms with Crippen LogP contribution in [-0.4, -0.2) is 15.9 Å². The van der Waals surface area contributed by atoms with Crippen molar-refractivity contribution in [1.29, 1.82) is 0 Å². The van der Waals surface area contributed by atoms with Gasteiger partial charge in [-0.15, -0.1) is 0 Å². The molecule has 1 aromatic carbocycles. The first kappa shape index (κ1) is 13.5. The smallest absolute Gasteiger partial charge is 0.271 e. The molecule has 1 N–H and O–H groups in total. The summed E-state index contributed by atoms with van der Waals surface area (Å²) in [6, 6.07) is 9.79. The number of carbonyl (C=O) groups excluding carboxylic acids is 1. The van der Waals surface area contributed by atoms with Crippen molar-refractivity contribution in [3.8, 4) is 0 Å². The Kier molecular flexibility index (Phi) is 4.47. The molecule has 0 saturated heterocycles. The summed E-state index contributed by atoms with van der Waals surface area (Å²) >= 11 is 5.64. The second-order valence-corrected chi connectivity index (χ2v) is 4.46. The molecule has 0 aliphatic carbocycles. The van der Waals surface area contributed by atoms with E-state index in [4.69, 9.17) is 11.6 Å². The molecule has 2 rings (SSSR count). The Hall–Kier alpha value is -1.94. The zero-order chi connectivity index (χ0) is 13.7. The van der Waals surface area contributed by atoms with Crippen molar-refractivity contribution in [2.45, 2.75) is 19.4 Å². The van der Waals surface area contributed by atoms with Crippen molar-refractivity contribution in [3.05, 3.63) is 59.1 Å². The number of hydrogen-bond donors (Lipinski definition) is 1. The molecule has 19 heavy (non-hydrogen) atoms. The number of aromatic nitrogens is 2. The molecule has 1 heterocycles. The lowest BCUT2D eigenvalue weighted by atomic mass is 10.0. The van der Waals surface area contributed by atoms with Gasteiger partial charge in [0.05, 0.1) is 18.4 Å². The standard InChI is InChI=1S/C14H14ClN3O/c1-2-11(10-6-4-3-5-7-10)18-14(19)12-8-17-13(15)9-16-12/h3-9,11H,2H2,1H3,(H,18,19). The third-order valence-electron chi connectivity index (χ3n) is 2.77. The number of nitrogens with zero attached hydrogens (tertiary/aromatic N) is 2. The van der Waals surface area contributed by atoms with Gasteiger partial charge in [-0.25, -0.2) is 9.97 Å². The molecule has 1 aromatic heterocycles. The molecule has 1 atom stereocenters. The van der Waals surface area contributed by atoms with Crippen LogP contribution in [0.25, 0.3) is 0 Å². The van der Waals surface area contributed by atoms with E-state index in [1.54, 1.807) is 0 Å². The minimum absolute atomic E-state index is 0.0359. The molecule has 0 radical (unpaired) electrons. The largest absolute Gasteiger partial charge is 0.344 e. The fourth-order valence-corrected chi connectivity index (χ4v) is 1.87. The van der Waals surface area contributed by atoms with Crippen LogP contribution >= 0.6 is 11.6 Å².